The van der Waals surface area contributed by atoms with Gasteiger partial charge in [-0.05, 0) is 98.4 Å². The van der Waals surface area contributed by atoms with Crippen LogP contribution in [0.5, 0.6) is 0 Å². The van der Waals surface area contributed by atoms with E-state index < -0.39 is 0 Å². The number of hydrogen-bond donors (Lipinski definition) is 0. The van der Waals surface area contributed by atoms with Crippen molar-refractivity contribution < 1.29 is 0 Å². The zero-order valence-electron chi connectivity index (χ0n) is 15.1. The Bertz CT molecular complexity index is 616. The van der Waals surface area contributed by atoms with Crippen LogP contribution in [0.4, 0.5) is 0 Å². The Morgan fingerprint density at radius 2 is 1.05 bits per heavy atom. The van der Waals surface area contributed by atoms with Crippen LogP contribution in [0.3, 0.4) is 0 Å². The molecule has 2 aromatic rings. The van der Waals surface area contributed by atoms with Gasteiger partial charge in [0.15, 0.2) is 0 Å². The monoisotopic (exact) mass is 294 g/mol. The maximum absolute atomic E-state index is 2.39. The highest BCUT2D eigenvalue weighted by molar-refractivity contribution is 5.40. The lowest BCUT2D eigenvalue weighted by atomic mass is 9.92. The first kappa shape index (κ1) is 16.8. The van der Waals surface area contributed by atoms with Gasteiger partial charge in [0.1, 0.15) is 0 Å². The van der Waals surface area contributed by atoms with Gasteiger partial charge in [-0.2, -0.15) is 0 Å². The predicted molar refractivity (Wildman–Crippen MR) is 98.0 cm³/mol. The Kier molecular flexibility index (Phi) is 5.45. The SMILES string of the molecule is CCCc1cc(C)c(CCc2cc(C)c(C)c(C)c2)c(C)c1. The molecule has 0 unspecified atom stereocenters. The minimum absolute atomic E-state index is 1.14. The van der Waals surface area contributed by atoms with Crippen LogP contribution >= 0.6 is 0 Å². The van der Waals surface area contributed by atoms with E-state index in [0.29, 0.717) is 0 Å². The van der Waals surface area contributed by atoms with Crippen LogP contribution in [0.2, 0.25) is 0 Å². The highest BCUT2D eigenvalue weighted by Gasteiger charge is 2.07. The highest BCUT2D eigenvalue weighted by Crippen LogP contribution is 2.22. The van der Waals surface area contributed by atoms with Gasteiger partial charge in [0.25, 0.3) is 0 Å². The van der Waals surface area contributed by atoms with Crippen molar-refractivity contribution in [3.63, 3.8) is 0 Å². The highest BCUT2D eigenvalue weighted by atomic mass is 14.1. The van der Waals surface area contributed by atoms with Crippen molar-refractivity contribution in [2.45, 2.75) is 67.2 Å². The van der Waals surface area contributed by atoms with E-state index in [1.165, 1.54) is 57.3 Å². The summed E-state index contributed by atoms with van der Waals surface area (Å²) < 4.78 is 0. The molecule has 0 heterocycles. The third kappa shape index (κ3) is 3.80. The van der Waals surface area contributed by atoms with E-state index in [1.807, 2.05) is 0 Å². The van der Waals surface area contributed by atoms with E-state index in [2.05, 4.69) is 65.8 Å². The molecule has 0 heteroatoms. The molecule has 0 fully saturated rings. The third-order valence-corrected chi connectivity index (χ3v) is 4.94. The Morgan fingerprint density at radius 1 is 0.591 bits per heavy atom. The molecule has 0 atom stereocenters. The molecule has 2 rings (SSSR count). The molecule has 0 N–H and O–H groups in total. The van der Waals surface area contributed by atoms with E-state index in [0.717, 1.165) is 12.8 Å². The molecule has 0 aromatic heterocycles. The van der Waals surface area contributed by atoms with Gasteiger partial charge in [-0.15, -0.1) is 0 Å². The molecule has 0 bridgehead atoms. The third-order valence-electron chi connectivity index (χ3n) is 4.94. The predicted octanol–water partition coefficient (Wildman–Crippen LogP) is 5.97. The lowest BCUT2D eigenvalue weighted by Gasteiger charge is -2.14. The van der Waals surface area contributed by atoms with Gasteiger partial charge in [0.2, 0.25) is 0 Å². The van der Waals surface area contributed by atoms with E-state index >= 15 is 0 Å². The maximum Gasteiger partial charge on any atom is -0.0233 e. The number of hydrogen-bond acceptors (Lipinski definition) is 0. The van der Waals surface area contributed by atoms with Crippen molar-refractivity contribution in [2.24, 2.45) is 0 Å². The van der Waals surface area contributed by atoms with Crippen molar-refractivity contribution in [1.82, 2.24) is 0 Å². The molecule has 0 aliphatic heterocycles. The zero-order chi connectivity index (χ0) is 16.3. The van der Waals surface area contributed by atoms with Crippen LogP contribution in [-0.2, 0) is 19.3 Å². The van der Waals surface area contributed by atoms with Gasteiger partial charge in [0, 0.05) is 0 Å². The largest absolute Gasteiger partial charge is 0.0651 e. The lowest BCUT2D eigenvalue weighted by Crippen LogP contribution is -2.01. The molecular weight excluding hydrogens is 264 g/mol. The first-order valence-corrected chi connectivity index (χ1v) is 8.58. The molecule has 0 radical (unpaired) electrons. The standard InChI is InChI=1S/C22H30/c1-7-8-20-13-17(4)22(18(5)14-20)10-9-21-11-15(2)19(6)16(3)12-21/h11-14H,7-10H2,1-6H3. The van der Waals surface area contributed by atoms with Crippen molar-refractivity contribution in [3.8, 4) is 0 Å². The quantitative estimate of drug-likeness (QED) is 0.637. The van der Waals surface area contributed by atoms with Crippen LogP contribution < -0.4 is 0 Å². The molecule has 0 aliphatic carbocycles. The first-order valence-electron chi connectivity index (χ1n) is 8.58. The summed E-state index contributed by atoms with van der Waals surface area (Å²) in [6, 6.07) is 9.49. The second-order valence-electron chi connectivity index (χ2n) is 6.81. The first-order chi connectivity index (χ1) is 10.4. The molecule has 22 heavy (non-hydrogen) atoms. The molecule has 2 aromatic carbocycles. The molecule has 0 saturated carbocycles. The summed E-state index contributed by atoms with van der Waals surface area (Å²) in [5, 5.41) is 0. The Morgan fingerprint density at radius 3 is 1.55 bits per heavy atom. The van der Waals surface area contributed by atoms with Gasteiger partial charge in [0.05, 0.1) is 0 Å². The summed E-state index contributed by atoms with van der Waals surface area (Å²) >= 11 is 0. The van der Waals surface area contributed by atoms with E-state index in [1.54, 1.807) is 0 Å². The van der Waals surface area contributed by atoms with Crippen molar-refractivity contribution in [2.75, 3.05) is 0 Å². The second kappa shape index (κ2) is 7.13. The van der Waals surface area contributed by atoms with Gasteiger partial charge in [-0.3, -0.25) is 0 Å². The number of benzene rings is 2. The van der Waals surface area contributed by atoms with Gasteiger partial charge in [-0.25, -0.2) is 0 Å². The van der Waals surface area contributed by atoms with Crippen molar-refractivity contribution in [3.05, 3.63) is 68.8 Å². The van der Waals surface area contributed by atoms with E-state index in [-0.39, 0.29) is 0 Å². The topological polar surface area (TPSA) is 0 Å². The average molecular weight is 294 g/mol. The van der Waals surface area contributed by atoms with E-state index in [9.17, 15) is 0 Å². The maximum atomic E-state index is 2.39. The van der Waals surface area contributed by atoms with Crippen LogP contribution in [0.15, 0.2) is 24.3 Å². The zero-order valence-corrected chi connectivity index (χ0v) is 15.1. The van der Waals surface area contributed by atoms with Crippen LogP contribution in [0.1, 0.15) is 57.9 Å². The van der Waals surface area contributed by atoms with Crippen LogP contribution in [0.25, 0.3) is 0 Å². The van der Waals surface area contributed by atoms with Crippen LogP contribution in [-0.4, -0.2) is 0 Å². The van der Waals surface area contributed by atoms with Crippen molar-refractivity contribution >= 4 is 0 Å². The van der Waals surface area contributed by atoms with Crippen molar-refractivity contribution in [1.29, 1.82) is 0 Å². The van der Waals surface area contributed by atoms with Crippen LogP contribution in [0, 0.1) is 34.6 Å². The molecule has 0 spiro atoms. The molecule has 0 amide bonds. The Hall–Kier alpha value is -1.56. The Balaban J connectivity index is 2.18. The molecule has 0 saturated heterocycles. The minimum atomic E-state index is 1.14. The summed E-state index contributed by atoms with van der Waals surface area (Å²) in [6.45, 7) is 13.5. The minimum Gasteiger partial charge on any atom is -0.0651 e. The summed E-state index contributed by atoms with van der Waals surface area (Å²) in [4.78, 5) is 0. The average Bonchev–Trinajstić information content (AvgIpc) is 2.44. The van der Waals surface area contributed by atoms with Gasteiger partial charge < -0.3 is 0 Å². The van der Waals surface area contributed by atoms with Gasteiger partial charge >= 0.3 is 0 Å². The molecule has 118 valence electrons. The molecule has 0 aliphatic rings. The molecule has 0 nitrogen and oxygen atoms in total. The smallest absolute Gasteiger partial charge is 0.0233 e. The normalized spacial score (nSPS) is 11.0. The second-order valence-corrected chi connectivity index (χ2v) is 6.81. The Labute approximate surface area is 136 Å². The summed E-state index contributed by atoms with van der Waals surface area (Å²) in [6.07, 6.45) is 4.70. The molecular formula is C22H30. The fourth-order valence-corrected chi connectivity index (χ4v) is 3.45. The van der Waals surface area contributed by atoms with E-state index in [4.69, 9.17) is 0 Å². The number of rotatable bonds is 5. The fourth-order valence-electron chi connectivity index (χ4n) is 3.45. The summed E-state index contributed by atoms with van der Waals surface area (Å²) in [5.41, 5.74) is 11.7. The summed E-state index contributed by atoms with van der Waals surface area (Å²) in [5.74, 6) is 0. The number of aryl methyl sites for hydroxylation is 6. The summed E-state index contributed by atoms with van der Waals surface area (Å²) in [7, 11) is 0. The van der Waals surface area contributed by atoms with Gasteiger partial charge in [-0.1, -0.05) is 37.6 Å². The lowest BCUT2D eigenvalue weighted by molar-refractivity contribution is 0.899. The fraction of sp³-hybridized carbons (Fsp3) is 0.455.